The van der Waals surface area contributed by atoms with Gasteiger partial charge in [0.25, 0.3) is 0 Å². The van der Waals surface area contributed by atoms with Crippen molar-refractivity contribution >= 4 is 60.8 Å². The summed E-state index contributed by atoms with van der Waals surface area (Å²) in [6, 6.07) is 64.1. The van der Waals surface area contributed by atoms with E-state index in [4.69, 9.17) is 4.42 Å². The van der Waals surface area contributed by atoms with E-state index >= 15 is 0 Å². The van der Waals surface area contributed by atoms with E-state index < -0.39 is 0 Å². The van der Waals surface area contributed by atoms with E-state index in [1.807, 2.05) is 6.07 Å². The molecule has 0 amide bonds. The van der Waals surface area contributed by atoms with Gasteiger partial charge in [0.15, 0.2) is 5.58 Å². The van der Waals surface area contributed by atoms with Gasteiger partial charge in [-0.3, -0.25) is 0 Å². The van der Waals surface area contributed by atoms with Crippen molar-refractivity contribution in [3.05, 3.63) is 193 Å². The summed E-state index contributed by atoms with van der Waals surface area (Å²) in [4.78, 5) is 2.37. The Morgan fingerprint density at radius 2 is 1.17 bits per heavy atom. The summed E-state index contributed by atoms with van der Waals surface area (Å²) >= 11 is 0. The van der Waals surface area contributed by atoms with Gasteiger partial charge in [0.2, 0.25) is 0 Å². The Kier molecular flexibility index (Phi) is 7.46. The molecule has 0 aliphatic heterocycles. The van der Waals surface area contributed by atoms with Crippen LogP contribution in [0.2, 0.25) is 0 Å². The van der Waals surface area contributed by atoms with Gasteiger partial charge < -0.3 is 13.9 Å². The molecule has 0 radical (unpaired) electrons. The first-order valence-electron chi connectivity index (χ1n) is 20.4. The standard InChI is InChI=1S/C55H44N2O/c1-54(2,3)46-33-32-45-51(43-20-9-12-22-44(43)55(45,4)5)52(46)57-47-23-13-10-18-39(47)40-31-30-38(34-49(40)57)56(37-28-26-36(27-29-37)35-16-7-6-8-17-35)48-24-15-21-42-41-19-11-14-25-50(41)58-53(42)48/h6-34H,1-5H3. The third-order valence-electron chi connectivity index (χ3n) is 12.5. The lowest BCUT2D eigenvalue weighted by atomic mass is 9.79. The number of anilines is 3. The van der Waals surface area contributed by atoms with E-state index in [1.54, 1.807) is 0 Å². The minimum atomic E-state index is -0.130. The maximum atomic E-state index is 6.74. The van der Waals surface area contributed by atoms with Gasteiger partial charge in [-0.05, 0) is 81.3 Å². The highest BCUT2D eigenvalue weighted by molar-refractivity contribution is 6.13. The largest absolute Gasteiger partial charge is 0.454 e. The topological polar surface area (TPSA) is 21.3 Å². The number of hydrogen-bond donors (Lipinski definition) is 0. The zero-order valence-electron chi connectivity index (χ0n) is 33.5. The highest BCUT2D eigenvalue weighted by atomic mass is 16.3. The van der Waals surface area contributed by atoms with E-state index in [0.29, 0.717) is 0 Å². The smallest absolute Gasteiger partial charge is 0.159 e. The van der Waals surface area contributed by atoms with E-state index in [2.05, 4.69) is 214 Å². The molecule has 0 saturated carbocycles. The van der Waals surface area contributed by atoms with Gasteiger partial charge in [0.1, 0.15) is 5.58 Å². The first kappa shape index (κ1) is 34.4. The van der Waals surface area contributed by atoms with Crippen LogP contribution >= 0.6 is 0 Å². The van der Waals surface area contributed by atoms with Crippen LogP contribution in [0.3, 0.4) is 0 Å². The van der Waals surface area contributed by atoms with Crippen molar-refractivity contribution in [3.8, 4) is 27.9 Å². The average molecular weight is 749 g/mol. The molecule has 1 aliphatic carbocycles. The lowest BCUT2D eigenvalue weighted by Gasteiger charge is -2.29. The van der Waals surface area contributed by atoms with Gasteiger partial charge >= 0.3 is 0 Å². The predicted molar refractivity (Wildman–Crippen MR) is 244 cm³/mol. The molecule has 58 heavy (non-hydrogen) atoms. The maximum Gasteiger partial charge on any atom is 0.159 e. The van der Waals surface area contributed by atoms with Crippen LogP contribution in [0.1, 0.15) is 51.3 Å². The molecule has 1 aliphatic rings. The van der Waals surface area contributed by atoms with E-state index in [9.17, 15) is 0 Å². The molecule has 0 bridgehead atoms. The minimum Gasteiger partial charge on any atom is -0.454 e. The summed E-state index contributed by atoms with van der Waals surface area (Å²) < 4.78 is 9.31. The van der Waals surface area contributed by atoms with Crippen LogP contribution in [0.25, 0.3) is 71.7 Å². The third kappa shape index (κ3) is 5.06. The molecule has 0 unspecified atom stereocenters. The second-order valence-corrected chi connectivity index (χ2v) is 17.4. The monoisotopic (exact) mass is 748 g/mol. The van der Waals surface area contributed by atoms with Crippen molar-refractivity contribution in [2.75, 3.05) is 4.90 Å². The number of nitrogens with zero attached hydrogens (tertiary/aromatic N) is 2. The van der Waals surface area contributed by atoms with Crippen molar-refractivity contribution in [2.24, 2.45) is 0 Å². The molecule has 0 saturated heterocycles. The van der Waals surface area contributed by atoms with Crippen LogP contribution in [-0.4, -0.2) is 4.57 Å². The van der Waals surface area contributed by atoms with Crippen LogP contribution in [0.4, 0.5) is 17.1 Å². The molecule has 0 N–H and O–H groups in total. The normalized spacial score (nSPS) is 13.4. The molecule has 0 atom stereocenters. The SMILES string of the molecule is CC(C)(C)c1ccc2c(c1-n1c3ccccc3c3ccc(N(c4ccc(-c5ccccc5)cc4)c4cccc5c4oc4ccccc45)cc31)-c1ccccc1C2(C)C. The van der Waals surface area contributed by atoms with Gasteiger partial charge in [-0.2, -0.15) is 0 Å². The van der Waals surface area contributed by atoms with Gasteiger partial charge in [0.05, 0.1) is 22.4 Å². The molecule has 2 heterocycles. The lowest BCUT2D eigenvalue weighted by Crippen LogP contribution is -2.19. The number of fused-ring (bicyclic) bond motifs is 9. The summed E-state index contributed by atoms with van der Waals surface area (Å²) in [5.41, 5.74) is 17.4. The van der Waals surface area contributed by atoms with Crippen molar-refractivity contribution < 1.29 is 4.42 Å². The van der Waals surface area contributed by atoms with E-state index in [0.717, 1.165) is 39.0 Å². The quantitative estimate of drug-likeness (QED) is 0.175. The molecular formula is C55H44N2O. The van der Waals surface area contributed by atoms with Crippen LogP contribution in [-0.2, 0) is 10.8 Å². The van der Waals surface area contributed by atoms with Gasteiger partial charge in [0, 0.05) is 43.9 Å². The number of aromatic nitrogens is 1. The van der Waals surface area contributed by atoms with Crippen LogP contribution in [0.5, 0.6) is 0 Å². The molecule has 3 nitrogen and oxygen atoms in total. The molecule has 8 aromatic carbocycles. The summed E-state index contributed by atoms with van der Waals surface area (Å²) in [5.74, 6) is 0. The zero-order chi connectivity index (χ0) is 39.3. The Morgan fingerprint density at radius 1 is 0.517 bits per heavy atom. The fourth-order valence-electron chi connectivity index (χ4n) is 9.72. The van der Waals surface area contributed by atoms with Crippen LogP contribution in [0, 0.1) is 0 Å². The van der Waals surface area contributed by atoms with Crippen molar-refractivity contribution in [3.63, 3.8) is 0 Å². The van der Waals surface area contributed by atoms with Gasteiger partial charge in [-0.25, -0.2) is 0 Å². The molecule has 0 spiro atoms. The summed E-state index contributed by atoms with van der Waals surface area (Å²) in [7, 11) is 0. The summed E-state index contributed by atoms with van der Waals surface area (Å²) in [6.45, 7) is 11.8. The number of rotatable bonds is 5. The second-order valence-electron chi connectivity index (χ2n) is 17.4. The minimum absolute atomic E-state index is 0.120. The molecular weight excluding hydrogens is 705 g/mol. The summed E-state index contributed by atoms with van der Waals surface area (Å²) in [6.07, 6.45) is 0. The van der Waals surface area contributed by atoms with Gasteiger partial charge in [-0.1, -0.05) is 168 Å². The summed E-state index contributed by atoms with van der Waals surface area (Å²) in [5, 5.41) is 4.68. The molecule has 280 valence electrons. The lowest BCUT2D eigenvalue weighted by molar-refractivity contribution is 0.586. The Morgan fingerprint density at radius 3 is 1.98 bits per heavy atom. The van der Waals surface area contributed by atoms with E-state index in [1.165, 1.54) is 66.4 Å². The second kappa shape index (κ2) is 12.6. The van der Waals surface area contributed by atoms with E-state index in [-0.39, 0.29) is 10.8 Å². The third-order valence-corrected chi connectivity index (χ3v) is 12.5. The van der Waals surface area contributed by atoms with Crippen molar-refractivity contribution in [2.45, 2.75) is 45.4 Å². The highest BCUT2D eigenvalue weighted by Crippen LogP contribution is 2.54. The predicted octanol–water partition coefficient (Wildman–Crippen LogP) is 15.4. The maximum absolute atomic E-state index is 6.74. The fourth-order valence-corrected chi connectivity index (χ4v) is 9.72. The fraction of sp³-hybridized carbons (Fsp3) is 0.127. The number of hydrogen-bond acceptors (Lipinski definition) is 2. The first-order valence-corrected chi connectivity index (χ1v) is 20.4. The average Bonchev–Trinajstić information content (AvgIpc) is 3.87. The Balaban J connectivity index is 1.22. The van der Waals surface area contributed by atoms with Crippen molar-refractivity contribution in [1.29, 1.82) is 0 Å². The molecule has 3 heteroatoms. The van der Waals surface area contributed by atoms with Crippen LogP contribution in [0.15, 0.2) is 180 Å². The number of benzene rings is 8. The van der Waals surface area contributed by atoms with Crippen LogP contribution < -0.4 is 4.90 Å². The zero-order valence-corrected chi connectivity index (χ0v) is 33.5. The molecule has 0 fully saturated rings. The Labute approximate surface area is 339 Å². The van der Waals surface area contributed by atoms with Gasteiger partial charge in [-0.15, -0.1) is 0 Å². The first-order chi connectivity index (χ1) is 28.2. The number of para-hydroxylation sites is 3. The Bertz CT molecular complexity index is 3230. The highest BCUT2D eigenvalue weighted by Gasteiger charge is 2.39. The van der Waals surface area contributed by atoms with Crippen molar-refractivity contribution in [1.82, 2.24) is 4.57 Å². The molecule has 2 aromatic heterocycles. The number of furan rings is 1. The Hall–Kier alpha value is -6.84. The molecule has 10 aromatic rings. The molecule has 11 rings (SSSR count).